The summed E-state index contributed by atoms with van der Waals surface area (Å²) in [6.45, 7) is 5.84. The van der Waals surface area contributed by atoms with Crippen LogP contribution in [0.3, 0.4) is 0 Å². The maximum absolute atomic E-state index is 10.3. The molecule has 0 atom stereocenters. The first-order valence-corrected chi connectivity index (χ1v) is 3.34. The smallest absolute Gasteiger partial charge is 0.335 e. The van der Waals surface area contributed by atoms with Crippen molar-refractivity contribution >= 4 is 0 Å². The average molecular weight is 140 g/mol. The molecule has 10 heavy (non-hydrogen) atoms. The van der Waals surface area contributed by atoms with Crippen LogP contribution in [0.5, 0.6) is 0 Å². The summed E-state index contributed by atoms with van der Waals surface area (Å²) in [6, 6.07) is 3.18. The van der Waals surface area contributed by atoms with Gasteiger partial charge in [0.25, 0.3) is 0 Å². The Hall–Kier alpha value is -1.05. The van der Waals surface area contributed by atoms with E-state index in [4.69, 9.17) is 0 Å². The molecule has 0 amide bonds. The zero-order valence-corrected chi connectivity index (χ0v) is 6.55. The Kier molecular flexibility index (Phi) is 4.29. The molecule has 2 nitrogen and oxygen atoms in total. The molecule has 0 aliphatic carbocycles. The monoisotopic (exact) mass is 140 g/mol. The fraction of sp³-hybridized carbons (Fsp3) is 0.375. The number of hydrogen-bond donors (Lipinski definition) is 0. The van der Waals surface area contributed by atoms with Gasteiger partial charge < -0.3 is 4.42 Å². The first-order chi connectivity index (χ1) is 4.79. The quantitative estimate of drug-likeness (QED) is 0.551. The van der Waals surface area contributed by atoms with Gasteiger partial charge in [0.1, 0.15) is 0 Å². The van der Waals surface area contributed by atoms with Gasteiger partial charge in [-0.3, -0.25) is 0 Å². The van der Waals surface area contributed by atoms with Gasteiger partial charge in [-0.1, -0.05) is 13.8 Å². The SMILES string of the molecule is CC.Cc1ccoc(=O)c1. The van der Waals surface area contributed by atoms with Crippen molar-refractivity contribution in [3.63, 3.8) is 0 Å². The zero-order valence-electron chi connectivity index (χ0n) is 6.55. The molecule has 0 bridgehead atoms. The highest BCUT2D eigenvalue weighted by molar-refractivity contribution is 5.03. The van der Waals surface area contributed by atoms with E-state index < -0.39 is 0 Å². The lowest BCUT2D eigenvalue weighted by Crippen LogP contribution is -1.93. The van der Waals surface area contributed by atoms with Crippen LogP contribution in [0.2, 0.25) is 0 Å². The van der Waals surface area contributed by atoms with E-state index in [1.807, 2.05) is 20.8 Å². The van der Waals surface area contributed by atoms with Crippen molar-refractivity contribution in [3.05, 3.63) is 34.4 Å². The third-order valence-corrected chi connectivity index (χ3v) is 0.861. The molecule has 0 fully saturated rings. The second-order valence-corrected chi connectivity index (χ2v) is 1.63. The minimum Gasteiger partial charge on any atom is -0.431 e. The molecule has 0 saturated carbocycles. The summed E-state index contributed by atoms with van der Waals surface area (Å²) in [5.74, 6) is 0. The molecule has 0 aliphatic heterocycles. The first kappa shape index (κ1) is 8.95. The van der Waals surface area contributed by atoms with Gasteiger partial charge in [-0.2, -0.15) is 0 Å². The fourth-order valence-corrected chi connectivity index (χ4v) is 0.476. The Balaban J connectivity index is 0.000000371. The van der Waals surface area contributed by atoms with Crippen LogP contribution < -0.4 is 5.63 Å². The molecule has 2 heteroatoms. The van der Waals surface area contributed by atoms with Gasteiger partial charge in [0, 0.05) is 6.07 Å². The fourth-order valence-electron chi connectivity index (χ4n) is 0.476. The Bertz CT molecular complexity index is 225. The van der Waals surface area contributed by atoms with Crippen molar-refractivity contribution in [2.75, 3.05) is 0 Å². The summed E-state index contributed by atoms with van der Waals surface area (Å²) in [4.78, 5) is 10.3. The molecule has 0 N–H and O–H groups in total. The van der Waals surface area contributed by atoms with E-state index in [1.54, 1.807) is 6.07 Å². The average Bonchev–Trinajstić information content (AvgIpc) is 1.91. The molecule has 0 radical (unpaired) electrons. The topological polar surface area (TPSA) is 30.2 Å². The molecular formula is C8H12O2. The number of aryl methyl sites for hydroxylation is 1. The van der Waals surface area contributed by atoms with Crippen LogP contribution in [0.25, 0.3) is 0 Å². The highest BCUT2D eigenvalue weighted by Crippen LogP contribution is 1.87. The third kappa shape index (κ3) is 3.07. The maximum Gasteiger partial charge on any atom is 0.335 e. The van der Waals surface area contributed by atoms with E-state index >= 15 is 0 Å². The lowest BCUT2D eigenvalue weighted by molar-refractivity contribution is 0.509. The van der Waals surface area contributed by atoms with Crippen LogP contribution in [0.4, 0.5) is 0 Å². The third-order valence-electron chi connectivity index (χ3n) is 0.861. The Morgan fingerprint density at radius 3 is 2.30 bits per heavy atom. The summed E-state index contributed by atoms with van der Waals surface area (Å²) in [7, 11) is 0. The van der Waals surface area contributed by atoms with Gasteiger partial charge in [0.2, 0.25) is 0 Å². The van der Waals surface area contributed by atoms with Crippen LogP contribution >= 0.6 is 0 Å². The molecule has 1 rings (SSSR count). The Morgan fingerprint density at radius 1 is 1.40 bits per heavy atom. The van der Waals surface area contributed by atoms with Crippen LogP contribution in [0.15, 0.2) is 27.6 Å². The molecular weight excluding hydrogens is 128 g/mol. The predicted octanol–water partition coefficient (Wildman–Crippen LogP) is 1.97. The highest BCUT2D eigenvalue weighted by Gasteiger charge is 1.82. The molecule has 56 valence electrons. The maximum atomic E-state index is 10.3. The molecule has 1 heterocycles. The molecule has 0 saturated heterocycles. The van der Waals surface area contributed by atoms with E-state index in [0.717, 1.165) is 5.56 Å². The van der Waals surface area contributed by atoms with Crippen molar-refractivity contribution in [1.29, 1.82) is 0 Å². The molecule has 0 aliphatic rings. The molecule has 0 spiro atoms. The normalized spacial score (nSPS) is 7.90. The van der Waals surface area contributed by atoms with E-state index in [0.29, 0.717) is 0 Å². The minimum absolute atomic E-state index is 0.287. The number of hydrogen-bond acceptors (Lipinski definition) is 2. The highest BCUT2D eigenvalue weighted by atomic mass is 16.4. The molecule has 0 unspecified atom stereocenters. The van der Waals surface area contributed by atoms with Gasteiger partial charge in [0.15, 0.2) is 0 Å². The number of rotatable bonds is 0. The second-order valence-electron chi connectivity index (χ2n) is 1.63. The summed E-state index contributed by atoms with van der Waals surface area (Å²) >= 11 is 0. The predicted molar refractivity (Wildman–Crippen MR) is 41.1 cm³/mol. The van der Waals surface area contributed by atoms with Gasteiger partial charge in [-0.15, -0.1) is 0 Å². The Morgan fingerprint density at radius 2 is 2.00 bits per heavy atom. The summed E-state index contributed by atoms with van der Waals surface area (Å²) in [5.41, 5.74) is 0.645. The lowest BCUT2D eigenvalue weighted by Gasteiger charge is -1.82. The van der Waals surface area contributed by atoms with E-state index in [-0.39, 0.29) is 5.63 Å². The van der Waals surface area contributed by atoms with Gasteiger partial charge in [-0.05, 0) is 18.6 Å². The molecule has 1 aromatic heterocycles. The van der Waals surface area contributed by atoms with Crippen molar-refractivity contribution < 1.29 is 4.42 Å². The van der Waals surface area contributed by atoms with Crippen molar-refractivity contribution in [2.24, 2.45) is 0 Å². The zero-order chi connectivity index (χ0) is 7.98. The van der Waals surface area contributed by atoms with Crippen molar-refractivity contribution in [2.45, 2.75) is 20.8 Å². The van der Waals surface area contributed by atoms with E-state index in [2.05, 4.69) is 4.42 Å². The summed E-state index contributed by atoms with van der Waals surface area (Å²) < 4.78 is 4.45. The van der Waals surface area contributed by atoms with Gasteiger partial charge >= 0.3 is 5.63 Å². The van der Waals surface area contributed by atoms with Gasteiger partial charge in [-0.25, -0.2) is 4.79 Å². The molecule has 0 aromatic carbocycles. The van der Waals surface area contributed by atoms with E-state index in [9.17, 15) is 4.79 Å². The summed E-state index contributed by atoms with van der Waals surface area (Å²) in [6.07, 6.45) is 1.39. The minimum atomic E-state index is -0.287. The lowest BCUT2D eigenvalue weighted by atomic mass is 10.3. The van der Waals surface area contributed by atoms with Crippen molar-refractivity contribution in [3.8, 4) is 0 Å². The molecule has 1 aromatic rings. The van der Waals surface area contributed by atoms with E-state index in [1.165, 1.54) is 12.3 Å². The van der Waals surface area contributed by atoms with Crippen LogP contribution in [0.1, 0.15) is 19.4 Å². The van der Waals surface area contributed by atoms with Crippen LogP contribution in [-0.2, 0) is 0 Å². The standard InChI is InChI=1S/C6H6O2.C2H6/c1-5-2-3-8-6(7)4-5;1-2/h2-4H,1H3;1-2H3. The second kappa shape index (κ2) is 4.79. The van der Waals surface area contributed by atoms with Crippen molar-refractivity contribution in [1.82, 2.24) is 0 Å². The Labute approximate surface area is 60.5 Å². The van der Waals surface area contributed by atoms with Gasteiger partial charge in [0.05, 0.1) is 6.26 Å². The first-order valence-electron chi connectivity index (χ1n) is 3.34. The summed E-state index contributed by atoms with van der Waals surface area (Å²) in [5, 5.41) is 0. The van der Waals surface area contributed by atoms with Crippen LogP contribution in [-0.4, -0.2) is 0 Å². The van der Waals surface area contributed by atoms with Crippen LogP contribution in [0, 0.1) is 6.92 Å². The largest absolute Gasteiger partial charge is 0.431 e.